The van der Waals surface area contributed by atoms with Gasteiger partial charge in [0.15, 0.2) is 0 Å². The number of fused-ring (bicyclic) bond motifs is 5. The summed E-state index contributed by atoms with van der Waals surface area (Å²) >= 11 is 0. The van der Waals surface area contributed by atoms with Crippen molar-refractivity contribution < 1.29 is 19.8 Å². The molecular weight excluding hydrogens is 352 g/mol. The van der Waals surface area contributed by atoms with Gasteiger partial charge in [0.2, 0.25) is 0 Å². The monoisotopic (exact) mass is 390 g/mol. The molecule has 4 aliphatic rings. The molecule has 0 aromatic rings. The Hall–Kier alpha value is -0.900. The smallest absolute Gasteiger partial charge is 0.303 e. The summed E-state index contributed by atoms with van der Waals surface area (Å²) in [6.45, 7) is 6.79. The van der Waals surface area contributed by atoms with E-state index in [4.69, 9.17) is 5.11 Å². The summed E-state index contributed by atoms with van der Waals surface area (Å²) in [5.41, 5.74) is -0.0290. The van der Waals surface area contributed by atoms with Crippen molar-refractivity contribution in [3.8, 4) is 0 Å². The number of aliphatic hydroxyl groups is 1. The lowest BCUT2D eigenvalue weighted by Crippen LogP contribution is -2.60. The first kappa shape index (κ1) is 20.4. The van der Waals surface area contributed by atoms with Gasteiger partial charge in [0.25, 0.3) is 0 Å². The van der Waals surface area contributed by atoms with Crippen molar-refractivity contribution >= 4 is 11.8 Å². The average Bonchev–Trinajstić information content (AvgIpc) is 3.00. The first-order chi connectivity index (χ1) is 13.2. The molecular formula is C24H38O4. The molecule has 28 heavy (non-hydrogen) atoms. The van der Waals surface area contributed by atoms with Crippen LogP contribution in [-0.4, -0.2) is 28.1 Å². The highest BCUT2D eigenvalue weighted by Gasteiger charge is 2.65. The Balaban J connectivity index is 1.62. The van der Waals surface area contributed by atoms with Crippen molar-refractivity contribution in [1.82, 2.24) is 0 Å². The first-order valence-electron chi connectivity index (χ1n) is 11.6. The van der Waals surface area contributed by atoms with E-state index in [1.54, 1.807) is 0 Å². The van der Waals surface area contributed by atoms with Gasteiger partial charge >= 0.3 is 5.97 Å². The molecule has 0 aromatic heterocycles. The Bertz CT molecular complexity index is 645. The fourth-order valence-electron chi connectivity index (χ4n) is 8.45. The molecule has 4 fully saturated rings. The van der Waals surface area contributed by atoms with E-state index in [2.05, 4.69) is 20.8 Å². The predicted molar refractivity (Wildman–Crippen MR) is 108 cm³/mol. The van der Waals surface area contributed by atoms with Gasteiger partial charge in [-0.2, -0.15) is 0 Å². The number of aliphatic carboxylic acids is 1. The van der Waals surface area contributed by atoms with Crippen LogP contribution in [0.1, 0.15) is 85.0 Å². The van der Waals surface area contributed by atoms with Gasteiger partial charge in [-0.15, -0.1) is 0 Å². The number of carboxylic acid groups (broad SMARTS) is 1. The van der Waals surface area contributed by atoms with Crippen LogP contribution in [0.5, 0.6) is 0 Å². The number of Topliss-reactive ketones (excluding diaryl/α,β-unsaturated/α-hetero) is 1. The van der Waals surface area contributed by atoms with Crippen LogP contribution in [-0.2, 0) is 9.59 Å². The number of ketones is 1. The largest absolute Gasteiger partial charge is 0.481 e. The van der Waals surface area contributed by atoms with Crippen molar-refractivity contribution in [2.45, 2.75) is 91.1 Å². The highest BCUT2D eigenvalue weighted by Crippen LogP contribution is 2.67. The lowest BCUT2D eigenvalue weighted by molar-refractivity contribution is -0.178. The second-order valence-electron chi connectivity index (χ2n) is 11.1. The summed E-state index contributed by atoms with van der Waals surface area (Å²) in [6.07, 6.45) is 8.94. The molecule has 4 aliphatic carbocycles. The molecule has 4 nitrogen and oxygen atoms in total. The van der Waals surface area contributed by atoms with Gasteiger partial charge < -0.3 is 10.2 Å². The number of carbonyl (C=O) groups is 2. The Morgan fingerprint density at radius 1 is 1.18 bits per heavy atom. The third-order valence-electron chi connectivity index (χ3n) is 10.1. The van der Waals surface area contributed by atoms with Crippen molar-refractivity contribution in [3.05, 3.63) is 0 Å². The Morgan fingerprint density at radius 2 is 1.93 bits per heavy atom. The molecule has 0 spiro atoms. The summed E-state index contributed by atoms with van der Waals surface area (Å²) in [6, 6.07) is 0. The van der Waals surface area contributed by atoms with Gasteiger partial charge in [-0.1, -0.05) is 33.6 Å². The quantitative estimate of drug-likeness (QED) is 0.730. The molecule has 2 N–H and O–H groups in total. The molecule has 158 valence electrons. The summed E-state index contributed by atoms with van der Waals surface area (Å²) < 4.78 is 0. The van der Waals surface area contributed by atoms with Crippen LogP contribution < -0.4 is 0 Å². The maximum Gasteiger partial charge on any atom is 0.303 e. The number of hydrogen-bond donors (Lipinski definition) is 2. The first-order valence-corrected chi connectivity index (χ1v) is 11.6. The minimum Gasteiger partial charge on any atom is -0.481 e. The fourth-order valence-corrected chi connectivity index (χ4v) is 8.45. The topological polar surface area (TPSA) is 74.6 Å². The molecule has 4 heteroatoms. The number of carboxylic acids is 1. The molecule has 0 amide bonds. The molecule has 0 radical (unpaired) electrons. The number of carbonyl (C=O) groups excluding carboxylic acids is 1. The third-order valence-corrected chi connectivity index (χ3v) is 10.1. The van der Waals surface area contributed by atoms with E-state index in [0.29, 0.717) is 30.0 Å². The van der Waals surface area contributed by atoms with Gasteiger partial charge in [-0.3, -0.25) is 9.59 Å². The van der Waals surface area contributed by atoms with Gasteiger partial charge in [0.05, 0.1) is 6.10 Å². The number of rotatable bonds is 4. The van der Waals surface area contributed by atoms with Gasteiger partial charge in [-0.05, 0) is 73.5 Å². The number of hydrogen-bond acceptors (Lipinski definition) is 3. The van der Waals surface area contributed by atoms with Gasteiger partial charge in [-0.25, -0.2) is 0 Å². The molecule has 0 heterocycles. The Kier molecular flexibility index (Phi) is 5.17. The predicted octanol–water partition coefficient (Wildman–Crippen LogP) is 4.69. The summed E-state index contributed by atoms with van der Waals surface area (Å²) in [5, 5.41) is 20.5. The maximum absolute atomic E-state index is 13.3. The Morgan fingerprint density at radius 3 is 2.64 bits per heavy atom. The van der Waals surface area contributed by atoms with Crippen LogP contribution in [0.25, 0.3) is 0 Å². The normalized spacial score (nSPS) is 49.1. The lowest BCUT2D eigenvalue weighted by atomic mass is 9.43. The molecule has 0 aliphatic heterocycles. The standard InChI is InChI=1S/C24H38O4/c1-14(7-10-21(27)28)16-8-9-17-22-18(13-20(26)24(16,17)3)23(2)11-5-4-6-15(23)12-19(22)25/h14-18,20,22,26H,4-13H2,1-3H3,(H,27,28)/t14-,15-,16-,17+,18+,20+,22+,23+,24-/m1/s1. The fraction of sp³-hybridized carbons (Fsp3) is 0.917. The third kappa shape index (κ3) is 2.88. The van der Waals surface area contributed by atoms with Crippen LogP contribution in [0.15, 0.2) is 0 Å². The maximum atomic E-state index is 13.3. The van der Waals surface area contributed by atoms with Crippen LogP contribution in [0.4, 0.5) is 0 Å². The summed E-state index contributed by atoms with van der Waals surface area (Å²) in [4.78, 5) is 24.4. The summed E-state index contributed by atoms with van der Waals surface area (Å²) in [7, 11) is 0. The second-order valence-corrected chi connectivity index (χ2v) is 11.1. The minimum absolute atomic E-state index is 0.115. The van der Waals surface area contributed by atoms with E-state index < -0.39 is 5.97 Å². The van der Waals surface area contributed by atoms with Crippen molar-refractivity contribution in [1.29, 1.82) is 0 Å². The molecule has 0 aromatic carbocycles. The van der Waals surface area contributed by atoms with E-state index in [-0.39, 0.29) is 41.1 Å². The SMILES string of the molecule is C[C@H](CCC(=O)O)[C@H]1CC[C@H]2[C@@H]3C(=O)C[C@H]4CCCC[C@]4(C)[C@H]3C[C@H](O)[C@]12C. The van der Waals surface area contributed by atoms with Gasteiger partial charge in [0, 0.05) is 24.2 Å². The van der Waals surface area contributed by atoms with Crippen LogP contribution in [0, 0.1) is 46.3 Å². The zero-order valence-electron chi connectivity index (χ0n) is 17.8. The average molecular weight is 391 g/mol. The zero-order chi connectivity index (χ0) is 20.3. The Labute approximate surface area is 169 Å². The van der Waals surface area contributed by atoms with Crippen molar-refractivity contribution in [3.63, 3.8) is 0 Å². The van der Waals surface area contributed by atoms with E-state index in [1.807, 2.05) is 0 Å². The van der Waals surface area contributed by atoms with Crippen molar-refractivity contribution in [2.75, 3.05) is 0 Å². The lowest BCUT2D eigenvalue weighted by Gasteiger charge is -2.61. The van der Waals surface area contributed by atoms with Crippen LogP contribution in [0.3, 0.4) is 0 Å². The molecule has 4 saturated carbocycles. The van der Waals surface area contributed by atoms with E-state index in [0.717, 1.165) is 25.7 Å². The zero-order valence-corrected chi connectivity index (χ0v) is 17.8. The molecule has 0 bridgehead atoms. The molecule has 4 rings (SSSR count). The van der Waals surface area contributed by atoms with Crippen LogP contribution >= 0.6 is 0 Å². The minimum atomic E-state index is -0.741. The van der Waals surface area contributed by atoms with Crippen LogP contribution in [0.2, 0.25) is 0 Å². The molecule has 9 atom stereocenters. The number of aliphatic hydroxyl groups excluding tert-OH is 1. The van der Waals surface area contributed by atoms with E-state index >= 15 is 0 Å². The van der Waals surface area contributed by atoms with E-state index in [9.17, 15) is 14.7 Å². The molecule has 0 unspecified atom stereocenters. The van der Waals surface area contributed by atoms with E-state index in [1.165, 1.54) is 25.7 Å². The van der Waals surface area contributed by atoms with Crippen molar-refractivity contribution in [2.24, 2.45) is 46.3 Å². The second kappa shape index (κ2) is 7.11. The highest BCUT2D eigenvalue weighted by molar-refractivity contribution is 5.83. The summed E-state index contributed by atoms with van der Waals surface area (Å²) in [5.74, 6) is 1.55. The van der Waals surface area contributed by atoms with Gasteiger partial charge in [0.1, 0.15) is 5.78 Å². The molecule has 0 saturated heterocycles. The highest BCUT2D eigenvalue weighted by atomic mass is 16.4.